The normalized spacial score (nSPS) is 21.8. The fourth-order valence-electron chi connectivity index (χ4n) is 5.86. The minimum Gasteiger partial charge on any atom is -0.340 e. The highest BCUT2D eigenvalue weighted by atomic mass is 35.5. The van der Waals surface area contributed by atoms with Crippen molar-refractivity contribution >= 4 is 45.0 Å². The van der Waals surface area contributed by atoms with Gasteiger partial charge in [-0.05, 0) is 47.7 Å². The van der Waals surface area contributed by atoms with E-state index >= 15 is 0 Å². The molecule has 1 aliphatic heterocycles. The van der Waals surface area contributed by atoms with E-state index in [0.29, 0.717) is 47.7 Å². The van der Waals surface area contributed by atoms with Crippen molar-refractivity contribution in [3.05, 3.63) is 91.4 Å². The zero-order chi connectivity index (χ0) is 31.4. The van der Waals surface area contributed by atoms with E-state index in [1.807, 2.05) is 0 Å². The predicted molar refractivity (Wildman–Crippen MR) is 159 cm³/mol. The third-order valence-corrected chi connectivity index (χ3v) is 9.27. The van der Waals surface area contributed by atoms with Gasteiger partial charge in [-0.25, -0.2) is 18.6 Å². The molecular weight excluding hydrogens is 635 g/mol. The highest BCUT2D eigenvalue weighted by Gasteiger charge is 2.49. The van der Waals surface area contributed by atoms with Crippen LogP contribution in [-0.4, -0.2) is 53.2 Å². The van der Waals surface area contributed by atoms with Crippen molar-refractivity contribution in [1.82, 2.24) is 25.2 Å². The summed E-state index contributed by atoms with van der Waals surface area (Å²) in [6.45, 7) is 1.44. The van der Waals surface area contributed by atoms with Crippen LogP contribution in [0.5, 0.6) is 0 Å². The Morgan fingerprint density at radius 1 is 1.20 bits per heavy atom. The number of sulfonamides is 1. The monoisotopic (exact) mass is 662 g/mol. The molecule has 2 heterocycles. The van der Waals surface area contributed by atoms with Crippen LogP contribution in [0.1, 0.15) is 70.8 Å². The Labute approximate surface area is 262 Å². The maximum Gasteiger partial charge on any atom is 0.255 e. The van der Waals surface area contributed by atoms with Gasteiger partial charge in [0.2, 0.25) is 15.9 Å². The van der Waals surface area contributed by atoms with Crippen LogP contribution in [0.25, 0.3) is 10.4 Å². The Bertz CT molecular complexity index is 1710. The van der Waals surface area contributed by atoms with Crippen molar-refractivity contribution in [2.24, 2.45) is 5.11 Å². The third-order valence-electron chi connectivity index (χ3n) is 7.59. The number of nitrogens with zero attached hydrogens (tertiary/aromatic N) is 6. The summed E-state index contributed by atoms with van der Waals surface area (Å²) in [5, 5.41) is 7.53. The molecule has 44 heavy (non-hydrogen) atoms. The largest absolute Gasteiger partial charge is 0.340 e. The lowest BCUT2D eigenvalue weighted by Crippen LogP contribution is -2.59. The second kappa shape index (κ2) is 13.5. The van der Waals surface area contributed by atoms with Gasteiger partial charge in [-0.3, -0.25) is 14.4 Å². The number of rotatable bonds is 10. The Morgan fingerprint density at radius 2 is 1.98 bits per heavy atom. The summed E-state index contributed by atoms with van der Waals surface area (Å²) >= 11 is 12.9. The fourth-order valence-corrected chi connectivity index (χ4v) is 7.39. The van der Waals surface area contributed by atoms with Gasteiger partial charge in [0.25, 0.3) is 11.8 Å². The number of benzene rings is 2. The summed E-state index contributed by atoms with van der Waals surface area (Å²) in [4.78, 5) is 42.0. The number of hydrogen-bond donors (Lipinski definition) is 2. The molecule has 0 unspecified atom stereocenters. The number of carbonyl (C=O) groups excluding carboxylic acids is 2. The van der Waals surface area contributed by atoms with Crippen LogP contribution in [0.2, 0.25) is 10.0 Å². The third kappa shape index (κ3) is 6.83. The van der Waals surface area contributed by atoms with E-state index in [-0.39, 0.29) is 23.0 Å². The topological polar surface area (TPSA) is 192 Å². The van der Waals surface area contributed by atoms with Crippen molar-refractivity contribution in [3.8, 4) is 0 Å². The van der Waals surface area contributed by atoms with Crippen LogP contribution in [0, 0.1) is 6.92 Å². The van der Waals surface area contributed by atoms with Crippen molar-refractivity contribution in [2.45, 2.75) is 63.3 Å². The zero-order valence-electron chi connectivity index (χ0n) is 23.4. The molecule has 2 aromatic carbocycles. The van der Waals surface area contributed by atoms with Gasteiger partial charge in [0.15, 0.2) is 5.82 Å². The number of aryl methyl sites for hydroxylation is 1. The number of aromatic nitrogens is 2. The second-order valence-corrected chi connectivity index (χ2v) is 13.0. The summed E-state index contributed by atoms with van der Waals surface area (Å²) in [6.07, 6.45) is 2.25. The Balaban J connectivity index is 1.59. The van der Waals surface area contributed by atoms with Crippen molar-refractivity contribution < 1.29 is 27.4 Å². The number of amides is 2. The van der Waals surface area contributed by atoms with Gasteiger partial charge in [0.1, 0.15) is 12.5 Å². The van der Waals surface area contributed by atoms with Crippen LogP contribution in [0.15, 0.2) is 52.1 Å². The SMILES string of the molecule is Cc1nc(CONC(=O)[C@@H]2c3ccccc3C(=O)N([C@H]3CCCC[C@@H]3NS(=O)(=O)CN=[N+]=[N-])[C@H]2c2ccc(Cl)cc2Cl)no1. The van der Waals surface area contributed by atoms with Gasteiger partial charge < -0.3 is 9.42 Å². The first-order chi connectivity index (χ1) is 21.1. The van der Waals surface area contributed by atoms with Gasteiger partial charge in [-0.15, -0.1) is 0 Å². The maximum absolute atomic E-state index is 14.4. The molecule has 14 nitrogen and oxygen atoms in total. The first-order valence-corrected chi connectivity index (χ1v) is 16.1. The molecule has 2 N–H and O–H groups in total. The van der Waals surface area contributed by atoms with Crippen molar-refractivity contribution in [3.63, 3.8) is 0 Å². The van der Waals surface area contributed by atoms with E-state index in [0.717, 1.165) is 0 Å². The summed E-state index contributed by atoms with van der Waals surface area (Å²) in [5.74, 6) is -2.24. The molecule has 5 rings (SSSR count). The van der Waals surface area contributed by atoms with Gasteiger partial charge >= 0.3 is 0 Å². The average Bonchev–Trinajstić information content (AvgIpc) is 3.41. The number of hydrogen-bond acceptors (Lipinski definition) is 9. The summed E-state index contributed by atoms with van der Waals surface area (Å²) in [6, 6.07) is 9.11. The van der Waals surface area contributed by atoms with E-state index in [9.17, 15) is 18.0 Å². The smallest absolute Gasteiger partial charge is 0.255 e. The van der Waals surface area contributed by atoms with Gasteiger partial charge in [-0.2, -0.15) is 4.98 Å². The Kier molecular flexibility index (Phi) is 9.73. The molecule has 2 aliphatic rings. The predicted octanol–water partition coefficient (Wildman–Crippen LogP) is 4.71. The molecular formula is C27H28Cl2N8O6S. The van der Waals surface area contributed by atoms with Crippen molar-refractivity contribution in [1.29, 1.82) is 0 Å². The Morgan fingerprint density at radius 3 is 2.70 bits per heavy atom. The molecule has 0 spiro atoms. The molecule has 0 bridgehead atoms. The van der Waals surface area contributed by atoms with Crippen LogP contribution in [-0.2, 0) is 26.3 Å². The van der Waals surface area contributed by atoms with Crippen molar-refractivity contribution in [2.75, 3.05) is 5.88 Å². The lowest BCUT2D eigenvalue weighted by atomic mass is 9.76. The lowest BCUT2D eigenvalue weighted by molar-refractivity contribution is -0.138. The second-order valence-electron chi connectivity index (χ2n) is 10.4. The molecule has 0 saturated heterocycles. The zero-order valence-corrected chi connectivity index (χ0v) is 25.7. The number of nitrogens with one attached hydrogen (secondary N) is 2. The van der Waals surface area contributed by atoms with Crippen LogP contribution in [0.4, 0.5) is 0 Å². The number of carbonyl (C=O) groups is 2. The van der Waals surface area contributed by atoms with E-state index in [1.165, 1.54) is 6.07 Å². The van der Waals surface area contributed by atoms with Crippen LogP contribution in [0.3, 0.4) is 0 Å². The van der Waals surface area contributed by atoms with Gasteiger partial charge in [0.05, 0.1) is 12.0 Å². The number of hydroxylamine groups is 1. The molecule has 1 aromatic heterocycles. The van der Waals surface area contributed by atoms with Crippen LogP contribution >= 0.6 is 23.2 Å². The minimum absolute atomic E-state index is 0.176. The number of fused-ring (bicyclic) bond motifs is 1. The highest BCUT2D eigenvalue weighted by Crippen LogP contribution is 2.47. The molecule has 1 fully saturated rings. The molecule has 1 saturated carbocycles. The molecule has 0 radical (unpaired) electrons. The number of azide groups is 1. The molecule has 232 valence electrons. The summed E-state index contributed by atoms with van der Waals surface area (Å²) < 4.78 is 33.2. The van der Waals surface area contributed by atoms with Gasteiger partial charge in [0, 0.05) is 39.5 Å². The lowest BCUT2D eigenvalue weighted by Gasteiger charge is -2.49. The van der Waals surface area contributed by atoms with Crippen LogP contribution < -0.4 is 10.2 Å². The summed E-state index contributed by atoms with van der Waals surface area (Å²) in [7, 11) is -4.03. The van der Waals surface area contributed by atoms with Gasteiger partial charge in [-0.1, -0.05) is 70.6 Å². The fraction of sp³-hybridized carbons (Fsp3) is 0.407. The number of halogens is 2. The maximum atomic E-state index is 14.4. The highest BCUT2D eigenvalue weighted by molar-refractivity contribution is 7.89. The molecule has 4 atom stereocenters. The van der Waals surface area contributed by atoms with E-state index in [2.05, 4.69) is 30.4 Å². The quantitative estimate of drug-likeness (QED) is 0.135. The molecule has 17 heteroatoms. The Hall–Kier alpha value is -3.72. The summed E-state index contributed by atoms with van der Waals surface area (Å²) in [5.41, 5.74) is 12.3. The van der Waals surface area contributed by atoms with E-state index < -0.39 is 51.8 Å². The molecule has 3 aromatic rings. The van der Waals surface area contributed by atoms with E-state index in [4.69, 9.17) is 38.1 Å². The first kappa shape index (κ1) is 31.7. The standard InChI is InChI=1S/C27H28Cl2N8O6S/c1-15-32-23(33-43-15)13-42-34-26(38)24-17-6-2-3-7-18(17)27(39)37(25(24)19-11-10-16(28)12-20(19)29)22-9-5-4-8-21(22)35-44(40,41)14-31-36-30/h2-3,6-7,10-12,21-22,24-25,35H,4-5,8-9,13-14H2,1H3,(H,34,38)/t21-,22-,24+,25-/m0/s1. The van der Waals surface area contributed by atoms with E-state index in [1.54, 1.807) is 48.2 Å². The molecule has 2 amide bonds. The minimum atomic E-state index is -4.03. The first-order valence-electron chi connectivity index (χ1n) is 13.7. The molecule has 1 aliphatic carbocycles. The average molecular weight is 664 g/mol.